The number of amides is 6. The minimum absolute atomic E-state index is 0.0185. The average molecular weight is 1470 g/mol. The molecule has 6 amide bonds. The van der Waals surface area contributed by atoms with Crippen LogP contribution in [0.25, 0.3) is 33.7 Å². The molecule has 5 aliphatic heterocycles. The van der Waals surface area contributed by atoms with Gasteiger partial charge in [0.15, 0.2) is 28.8 Å². The van der Waals surface area contributed by atoms with Gasteiger partial charge in [-0.1, -0.05) is 92.7 Å². The molecule has 6 aromatic carbocycles. The smallest absolute Gasteiger partial charge is 0.260 e. The molecule has 4 N–H and O–H groups in total. The summed E-state index contributed by atoms with van der Waals surface area (Å²) in [5.74, 6) is -0.426. The number of hydrogen-bond acceptors (Lipinski definition) is 20. The Morgan fingerprint density at radius 3 is 1.71 bits per heavy atom. The Labute approximate surface area is 626 Å². The van der Waals surface area contributed by atoms with Gasteiger partial charge in [0.25, 0.3) is 11.8 Å². The van der Waals surface area contributed by atoms with E-state index in [9.17, 15) is 33.6 Å². The van der Waals surface area contributed by atoms with E-state index >= 15 is 0 Å². The molecule has 0 spiro atoms. The lowest BCUT2D eigenvalue weighted by molar-refractivity contribution is -0.131. The molecule has 0 saturated carbocycles. The Morgan fingerprint density at radius 2 is 1.13 bits per heavy atom. The van der Waals surface area contributed by atoms with Crippen molar-refractivity contribution in [2.24, 2.45) is 21.8 Å². The van der Waals surface area contributed by atoms with Crippen molar-refractivity contribution in [3.63, 3.8) is 0 Å². The van der Waals surface area contributed by atoms with Crippen LogP contribution in [0.15, 0.2) is 144 Å². The Bertz CT molecular complexity index is 4550. The van der Waals surface area contributed by atoms with E-state index in [0.29, 0.717) is 115 Å². The largest absolute Gasteiger partial charge is 0.497 e. The zero-order valence-corrected chi connectivity index (χ0v) is 61.3. The van der Waals surface area contributed by atoms with Crippen LogP contribution in [0.3, 0.4) is 0 Å². The molecule has 108 heavy (non-hydrogen) atoms. The maximum atomic E-state index is 14.2. The van der Waals surface area contributed by atoms with Crippen molar-refractivity contribution in [2.45, 2.75) is 90.4 Å². The molecule has 564 valence electrons. The van der Waals surface area contributed by atoms with Crippen LogP contribution in [0, 0.1) is 11.8 Å². The van der Waals surface area contributed by atoms with Crippen LogP contribution in [0.2, 0.25) is 0 Å². The van der Waals surface area contributed by atoms with E-state index in [-0.39, 0.29) is 131 Å². The van der Waals surface area contributed by atoms with Crippen LogP contribution in [0.1, 0.15) is 103 Å². The average Bonchev–Trinajstić information content (AvgIpc) is 1.52. The topological polar surface area (TPSA) is 315 Å². The van der Waals surface area contributed by atoms with Gasteiger partial charge in [0.2, 0.25) is 23.6 Å². The molecule has 0 aliphatic carbocycles. The van der Waals surface area contributed by atoms with Crippen molar-refractivity contribution in [3.05, 3.63) is 162 Å². The third kappa shape index (κ3) is 18.5. The standard InChI is InChI=1S/C81H89N11O16/c1-50(2)76(86-74(95)26-30-103-32-34-105-36-37-106-35-33-104-31-27-82-73(94)24-25-75(96)92-47-54-12-7-8-13-61(54)77-78(88-89-87-77)62-14-9-10-15-67(62)92)68(93)38-51(3)79(97)85-57-20-16-52(17-21-57)55-39-58-45-83-65-43-71(69(101-5)41-63(65)80(98)90(58)48-55)107-28-11-29-108-72-44-66-64(42-70(72)102-6)81(99)91-49-56(40-59(91)46-84-66)53-18-22-60(100-4)23-19-53/h7-10,12-23,41-46,48-51,58-59,76H,11,24-40,47H2,1-6H3,(H,82,94)(H,85,97)(H,86,95)(H,87,88,89)/t51-,58+,59+,76+/m0/s1. The minimum atomic E-state index is -0.802. The van der Waals surface area contributed by atoms with Gasteiger partial charge in [-0.3, -0.25) is 48.6 Å². The number of benzene rings is 6. The van der Waals surface area contributed by atoms with Gasteiger partial charge in [0, 0.05) is 111 Å². The van der Waals surface area contributed by atoms with Crippen LogP contribution < -0.4 is 44.5 Å². The lowest BCUT2D eigenvalue weighted by Gasteiger charge is -2.28. The van der Waals surface area contributed by atoms with Crippen LogP contribution in [-0.4, -0.2) is 191 Å². The molecule has 0 unspecified atom stereocenters. The van der Waals surface area contributed by atoms with Crippen molar-refractivity contribution in [3.8, 4) is 51.3 Å². The summed E-state index contributed by atoms with van der Waals surface area (Å²) < 4.78 is 51.5. The number of aromatic nitrogens is 3. The van der Waals surface area contributed by atoms with E-state index in [1.807, 2.05) is 111 Å². The first kappa shape index (κ1) is 76.3. The second-order valence-electron chi connectivity index (χ2n) is 26.8. The molecule has 4 atom stereocenters. The second-order valence-corrected chi connectivity index (χ2v) is 26.8. The Hall–Kier alpha value is -11.4. The molecule has 0 fully saturated rings. The van der Waals surface area contributed by atoms with Gasteiger partial charge in [-0.05, 0) is 76.2 Å². The summed E-state index contributed by atoms with van der Waals surface area (Å²) in [6.07, 6.45) is 8.79. The van der Waals surface area contributed by atoms with E-state index in [2.05, 4.69) is 31.4 Å². The summed E-state index contributed by atoms with van der Waals surface area (Å²) in [6, 6.07) is 35.7. The number of carbonyl (C=O) groups excluding carboxylic acids is 7. The highest BCUT2D eigenvalue weighted by atomic mass is 16.6. The van der Waals surface area contributed by atoms with Gasteiger partial charge >= 0.3 is 0 Å². The molecule has 0 bridgehead atoms. The number of anilines is 2. The zero-order valence-electron chi connectivity index (χ0n) is 61.3. The molecular weight excluding hydrogens is 1380 g/mol. The van der Waals surface area contributed by atoms with Crippen LogP contribution in [-0.2, 0) is 49.5 Å². The van der Waals surface area contributed by atoms with Crippen LogP contribution >= 0.6 is 0 Å². The Balaban J connectivity index is 0.501. The number of rotatable bonds is 36. The van der Waals surface area contributed by atoms with Crippen molar-refractivity contribution in [1.29, 1.82) is 0 Å². The number of para-hydroxylation sites is 1. The van der Waals surface area contributed by atoms with E-state index in [0.717, 1.165) is 50.4 Å². The first-order valence-corrected chi connectivity index (χ1v) is 36.3. The summed E-state index contributed by atoms with van der Waals surface area (Å²) in [4.78, 5) is 109. The monoisotopic (exact) mass is 1470 g/mol. The van der Waals surface area contributed by atoms with Crippen molar-refractivity contribution in [1.82, 2.24) is 35.8 Å². The predicted molar refractivity (Wildman–Crippen MR) is 405 cm³/mol. The number of hydrogen-bond donors (Lipinski definition) is 4. The molecule has 12 rings (SSSR count). The van der Waals surface area contributed by atoms with Gasteiger partial charge in [0.1, 0.15) is 11.4 Å². The Morgan fingerprint density at radius 1 is 0.574 bits per heavy atom. The molecular formula is C81H89N11O16. The summed E-state index contributed by atoms with van der Waals surface area (Å²) in [5.41, 5.74) is 10.7. The van der Waals surface area contributed by atoms with E-state index in [1.54, 1.807) is 77.6 Å². The first-order valence-electron chi connectivity index (χ1n) is 36.3. The summed E-state index contributed by atoms with van der Waals surface area (Å²) in [5, 5.41) is 20.0. The number of Topliss-reactive ketones (excluding diaryl/α,β-unsaturated/α-hetero) is 1. The summed E-state index contributed by atoms with van der Waals surface area (Å²) in [6.45, 7) is 8.64. The highest BCUT2D eigenvalue weighted by Crippen LogP contribution is 2.44. The molecule has 27 heteroatoms. The van der Waals surface area contributed by atoms with E-state index < -0.39 is 12.0 Å². The number of aromatic amines is 1. The molecule has 1 aromatic heterocycles. The predicted octanol–water partition coefficient (Wildman–Crippen LogP) is 10.5. The normalized spacial score (nSPS) is 15.8. The van der Waals surface area contributed by atoms with Crippen molar-refractivity contribution >= 4 is 87.6 Å². The molecule has 0 saturated heterocycles. The quantitative estimate of drug-likeness (QED) is 0.0265. The maximum Gasteiger partial charge on any atom is 0.260 e. The first-order chi connectivity index (χ1) is 52.5. The molecule has 0 radical (unpaired) electrons. The number of nitrogens with one attached hydrogen (secondary N) is 4. The van der Waals surface area contributed by atoms with Crippen LogP contribution in [0.4, 0.5) is 22.7 Å². The zero-order chi connectivity index (χ0) is 75.6. The number of ether oxygens (including phenoxy) is 9. The van der Waals surface area contributed by atoms with Gasteiger partial charge in [-0.2, -0.15) is 0 Å². The SMILES string of the molecule is COc1ccc(C2=CN3C(=O)c4cc(OC)c(OCCCOc5cc6c(cc5OC)C(=O)N5C=C(c7ccc(NC(=O)[C@@H](C)CC(=O)[C@H](NC(=O)CCOCCOCCOCCOCCNC(=O)CCC(=O)N8Cc9ccccc9-c9[nH]nnc9-c9ccccc98)C(C)C)cc7)C[C@@H]5C=N6)cc4N=C[C@H]3C2)cc1. The third-order valence-electron chi connectivity index (χ3n) is 19.1. The second kappa shape index (κ2) is 36.3. The maximum absolute atomic E-state index is 14.2. The number of fused-ring (bicyclic) bond motifs is 9. The number of carbonyl (C=O) groups is 7. The number of aliphatic imine (C=N–C) groups is 2. The van der Waals surface area contributed by atoms with Gasteiger partial charge in [-0.25, -0.2) is 0 Å². The van der Waals surface area contributed by atoms with Crippen molar-refractivity contribution in [2.75, 3.05) is 104 Å². The van der Waals surface area contributed by atoms with Gasteiger partial charge in [0.05, 0.1) is 146 Å². The molecule has 6 heterocycles. The third-order valence-corrected chi connectivity index (χ3v) is 19.1. The van der Waals surface area contributed by atoms with Gasteiger partial charge < -0.3 is 73.3 Å². The minimum Gasteiger partial charge on any atom is -0.497 e. The Kier molecular flexibility index (Phi) is 25.6. The fourth-order valence-electron chi connectivity index (χ4n) is 13.3. The van der Waals surface area contributed by atoms with Gasteiger partial charge in [-0.15, -0.1) is 5.10 Å². The molecule has 27 nitrogen and oxygen atoms in total. The van der Waals surface area contributed by atoms with E-state index in [4.69, 9.17) is 52.6 Å². The summed E-state index contributed by atoms with van der Waals surface area (Å²) >= 11 is 0. The van der Waals surface area contributed by atoms with Crippen LogP contribution in [0.5, 0.6) is 28.7 Å². The number of nitrogens with zero attached hydrogens (tertiary/aromatic N) is 7. The summed E-state index contributed by atoms with van der Waals surface area (Å²) in [7, 11) is 4.65. The number of H-pyrrole nitrogens is 1. The number of methoxy groups -OCH3 is 3. The van der Waals surface area contributed by atoms with Crippen molar-refractivity contribution < 1.29 is 76.2 Å². The van der Waals surface area contributed by atoms with E-state index in [1.165, 1.54) is 14.2 Å². The number of ketones is 1. The molecule has 5 aliphatic rings. The highest BCUT2D eigenvalue weighted by molar-refractivity contribution is 6.07. The lowest BCUT2D eigenvalue weighted by atomic mass is 9.92. The fraction of sp³-hybridized carbons (Fsp3) is 0.370. The highest BCUT2D eigenvalue weighted by Gasteiger charge is 2.37. The molecule has 7 aromatic rings. The lowest BCUT2D eigenvalue weighted by Crippen LogP contribution is -2.45. The fourth-order valence-corrected chi connectivity index (χ4v) is 13.3.